The van der Waals surface area contributed by atoms with Crippen LogP contribution in [0.1, 0.15) is 12.0 Å². The Labute approximate surface area is 127 Å². The van der Waals surface area contributed by atoms with Crippen molar-refractivity contribution in [2.75, 3.05) is 7.11 Å². The molecule has 0 aromatic heterocycles. The predicted octanol–water partition coefficient (Wildman–Crippen LogP) is -0.615. The fourth-order valence-electron chi connectivity index (χ4n) is 1.59. The van der Waals surface area contributed by atoms with E-state index < -0.39 is 22.8 Å². The number of nitro groups is 1. The number of benzene rings is 1. The lowest BCUT2D eigenvalue weighted by atomic mass is 10.1. The predicted molar refractivity (Wildman–Crippen MR) is 77.8 cm³/mol. The van der Waals surface area contributed by atoms with Crippen LogP contribution in [0.3, 0.4) is 0 Å². The Morgan fingerprint density at radius 1 is 1.41 bits per heavy atom. The fourth-order valence-corrected chi connectivity index (χ4v) is 1.59. The van der Waals surface area contributed by atoms with Crippen LogP contribution in [0.4, 0.5) is 5.69 Å². The van der Waals surface area contributed by atoms with Crippen LogP contribution in [-0.2, 0) is 25.6 Å². The van der Waals surface area contributed by atoms with E-state index in [1.807, 2.05) is 0 Å². The van der Waals surface area contributed by atoms with Crippen LogP contribution in [0.25, 0.3) is 0 Å². The van der Waals surface area contributed by atoms with E-state index in [0.717, 1.165) is 0 Å². The highest BCUT2D eigenvalue weighted by Gasteiger charge is 2.22. The van der Waals surface area contributed by atoms with Crippen LogP contribution >= 0.6 is 0 Å². The minimum absolute atomic E-state index is 0.0524. The van der Waals surface area contributed by atoms with Crippen molar-refractivity contribution in [2.45, 2.75) is 19.1 Å². The first-order valence-corrected chi connectivity index (χ1v) is 6.34. The van der Waals surface area contributed by atoms with Crippen LogP contribution in [0.2, 0.25) is 0 Å². The van der Waals surface area contributed by atoms with Gasteiger partial charge in [0.2, 0.25) is 5.91 Å². The topological polar surface area (TPSA) is 134 Å². The molecule has 0 bridgehead atoms. The summed E-state index contributed by atoms with van der Waals surface area (Å²) >= 11 is 0. The average molecular weight is 309 g/mol. The summed E-state index contributed by atoms with van der Waals surface area (Å²) in [6.45, 7) is -0.0687. The zero-order valence-electron chi connectivity index (χ0n) is 12.0. The molecule has 0 fully saturated rings. The lowest BCUT2D eigenvalue weighted by Crippen LogP contribution is -2.43. The van der Waals surface area contributed by atoms with Gasteiger partial charge < -0.3 is 20.4 Å². The number of hydrogen-bond acceptors (Lipinski definition) is 7. The Morgan fingerprint density at radius 2 is 2.05 bits per heavy atom. The Kier molecular flexibility index (Phi) is 7.00. The molecule has 1 amide bonds. The van der Waals surface area contributed by atoms with Crippen molar-refractivity contribution in [1.29, 1.82) is 0 Å². The third kappa shape index (κ3) is 5.89. The minimum atomic E-state index is -0.907. The Balaban J connectivity index is 2.57. The van der Waals surface area contributed by atoms with Crippen molar-refractivity contribution in [1.82, 2.24) is 5.23 Å². The summed E-state index contributed by atoms with van der Waals surface area (Å²) in [5, 5.41) is 13.2. The van der Waals surface area contributed by atoms with Gasteiger partial charge in [0.05, 0.1) is 11.3 Å². The first-order valence-electron chi connectivity index (χ1n) is 6.34. The van der Waals surface area contributed by atoms with Gasteiger partial charge in [0.1, 0.15) is 12.6 Å². The molecule has 1 aromatic carbocycles. The monoisotopic (exact) mass is 309 g/mol. The molecule has 0 spiro atoms. The molecule has 0 aliphatic carbocycles. The van der Waals surface area contributed by atoms with Gasteiger partial charge in [-0.2, -0.15) is 0 Å². The number of carbonyl (C=O) groups excluding carboxylic acids is 2. The summed E-state index contributed by atoms with van der Waals surface area (Å²) in [5.74, 6) is -1.31. The van der Waals surface area contributed by atoms with E-state index in [-0.39, 0.29) is 26.3 Å². The maximum absolute atomic E-state index is 11.9. The zero-order chi connectivity index (χ0) is 16.5. The number of rotatable bonds is 9. The molecule has 0 radical (unpaired) electrons. The first-order chi connectivity index (χ1) is 10.4. The second-order valence-corrected chi connectivity index (χ2v) is 4.39. The second-order valence-electron chi connectivity index (χ2n) is 4.39. The van der Waals surface area contributed by atoms with Crippen molar-refractivity contribution >= 4 is 25.2 Å². The Bertz CT molecular complexity index is 536. The quantitative estimate of drug-likeness (QED) is 0.269. The van der Waals surface area contributed by atoms with E-state index >= 15 is 0 Å². The summed E-state index contributed by atoms with van der Waals surface area (Å²) in [4.78, 5) is 32.8. The fraction of sp³-hybridized carbons (Fsp3) is 0.333. The molecule has 1 atom stereocenters. The highest BCUT2D eigenvalue weighted by molar-refractivity contribution is 6.24. The van der Waals surface area contributed by atoms with Crippen LogP contribution in [0, 0.1) is 10.1 Å². The van der Waals surface area contributed by atoms with Gasteiger partial charge in [-0.05, 0) is 17.7 Å². The van der Waals surface area contributed by atoms with Gasteiger partial charge in [-0.1, -0.05) is 0 Å². The van der Waals surface area contributed by atoms with Crippen LogP contribution in [-0.4, -0.2) is 37.6 Å². The summed E-state index contributed by atoms with van der Waals surface area (Å²) in [5.41, 5.74) is 5.60. The van der Waals surface area contributed by atoms with Crippen molar-refractivity contribution in [3.05, 3.63) is 39.9 Å². The van der Waals surface area contributed by atoms with Gasteiger partial charge in [0, 0.05) is 19.2 Å². The number of amides is 1. The zero-order valence-corrected chi connectivity index (χ0v) is 12.0. The summed E-state index contributed by atoms with van der Waals surface area (Å²) in [6, 6.07) is 4.68. The van der Waals surface area contributed by atoms with Gasteiger partial charge in [0.25, 0.3) is 5.69 Å². The number of ether oxygens (including phenoxy) is 1. The van der Waals surface area contributed by atoms with E-state index in [9.17, 15) is 19.7 Å². The summed E-state index contributed by atoms with van der Waals surface area (Å²) < 4.78 is 9.82. The van der Waals surface area contributed by atoms with E-state index in [1.54, 1.807) is 0 Å². The standard InChI is InChI=1S/C12H16BN3O6/c1-21-13-15-10(6-11(14)17)12(18)22-7-8-2-4-9(5-3-8)16(19)20/h2-5,10,13,15H,6-7H2,1H3,(H2,14,17)/t10-/m1/s1. The number of esters is 1. The van der Waals surface area contributed by atoms with E-state index in [0.29, 0.717) is 5.56 Å². The third-order valence-electron chi connectivity index (χ3n) is 2.69. The molecule has 3 N–H and O–H groups in total. The number of hydrogen-bond donors (Lipinski definition) is 2. The van der Waals surface area contributed by atoms with E-state index in [2.05, 4.69) is 5.23 Å². The van der Waals surface area contributed by atoms with Crippen LogP contribution < -0.4 is 11.0 Å². The van der Waals surface area contributed by atoms with Gasteiger partial charge in [-0.25, -0.2) is 0 Å². The van der Waals surface area contributed by atoms with Gasteiger partial charge >= 0.3 is 13.6 Å². The van der Waals surface area contributed by atoms with Crippen molar-refractivity contribution in [2.24, 2.45) is 5.73 Å². The number of nitrogens with two attached hydrogens (primary N) is 1. The van der Waals surface area contributed by atoms with Crippen LogP contribution in [0.5, 0.6) is 0 Å². The molecule has 118 valence electrons. The Morgan fingerprint density at radius 3 is 2.55 bits per heavy atom. The smallest absolute Gasteiger partial charge is 0.361 e. The third-order valence-corrected chi connectivity index (χ3v) is 2.69. The summed E-state index contributed by atoms with van der Waals surface area (Å²) in [6.07, 6.45) is -0.220. The average Bonchev–Trinajstić information content (AvgIpc) is 2.49. The number of carbonyl (C=O) groups is 2. The highest BCUT2D eigenvalue weighted by Crippen LogP contribution is 2.12. The molecule has 10 heteroatoms. The molecule has 0 saturated heterocycles. The molecule has 1 rings (SSSR count). The van der Waals surface area contributed by atoms with Gasteiger partial charge in [-0.3, -0.25) is 19.7 Å². The molecule has 9 nitrogen and oxygen atoms in total. The SMILES string of the molecule is COBN[C@H](CC(N)=O)C(=O)OCc1ccc([N+](=O)[O-])cc1. The normalized spacial score (nSPS) is 11.5. The second kappa shape index (κ2) is 8.75. The number of non-ortho nitro benzene ring substituents is 1. The van der Waals surface area contributed by atoms with E-state index in [1.165, 1.54) is 31.4 Å². The Hall–Kier alpha value is -2.46. The molecule has 0 saturated carbocycles. The molecule has 0 aliphatic heterocycles. The number of nitrogens with one attached hydrogen (secondary N) is 1. The number of nitro benzene ring substituents is 1. The molecule has 1 aromatic rings. The molecule has 0 unspecified atom stereocenters. The lowest BCUT2D eigenvalue weighted by molar-refractivity contribution is -0.384. The molecule has 0 heterocycles. The highest BCUT2D eigenvalue weighted by atomic mass is 16.6. The minimum Gasteiger partial charge on any atom is -0.460 e. The molecular weight excluding hydrogens is 293 g/mol. The maximum Gasteiger partial charge on any atom is 0.361 e. The van der Waals surface area contributed by atoms with Crippen molar-refractivity contribution in [3.8, 4) is 0 Å². The lowest BCUT2D eigenvalue weighted by Gasteiger charge is -2.15. The van der Waals surface area contributed by atoms with Crippen LogP contribution in [0.15, 0.2) is 24.3 Å². The first kappa shape index (κ1) is 17.6. The van der Waals surface area contributed by atoms with Crippen molar-refractivity contribution in [3.63, 3.8) is 0 Å². The largest absolute Gasteiger partial charge is 0.460 e. The summed E-state index contributed by atoms with van der Waals surface area (Å²) in [7, 11) is 1.49. The van der Waals surface area contributed by atoms with Gasteiger partial charge in [0.15, 0.2) is 0 Å². The van der Waals surface area contributed by atoms with Crippen molar-refractivity contribution < 1.29 is 23.9 Å². The van der Waals surface area contributed by atoms with E-state index in [4.69, 9.17) is 15.1 Å². The number of nitrogens with zero attached hydrogens (tertiary/aromatic N) is 1. The molecule has 0 aliphatic rings. The molecule has 22 heavy (non-hydrogen) atoms. The van der Waals surface area contributed by atoms with Gasteiger partial charge in [-0.15, -0.1) is 0 Å². The molecular formula is C12H16BN3O6. The maximum atomic E-state index is 11.9. The number of primary amides is 1.